The summed E-state index contributed by atoms with van der Waals surface area (Å²) in [6.07, 6.45) is -4.94. The molecule has 1 aliphatic rings. The minimum Gasteiger partial charge on any atom is -0.366 e. The molecule has 0 radical (unpaired) electrons. The molecule has 1 aliphatic heterocycles. The lowest BCUT2D eigenvalue weighted by atomic mass is 9.96. The van der Waals surface area contributed by atoms with Crippen LogP contribution in [0.2, 0.25) is 0 Å². The van der Waals surface area contributed by atoms with E-state index in [1.807, 2.05) is 0 Å². The number of rotatable bonds is 6. The Morgan fingerprint density at radius 3 is 2.33 bits per heavy atom. The molecular weight excluding hydrogens is 551 g/mol. The number of fused-ring (bicyclic) bond motifs is 1. The molecule has 4 heterocycles. The van der Waals surface area contributed by atoms with Gasteiger partial charge in [0, 0.05) is 31.5 Å². The quantitative estimate of drug-likeness (QED) is 0.347. The lowest BCUT2D eigenvalue weighted by Gasteiger charge is -2.43. The minimum absolute atomic E-state index is 0.0767. The van der Waals surface area contributed by atoms with E-state index in [4.69, 9.17) is 0 Å². The van der Waals surface area contributed by atoms with Crippen LogP contribution in [-0.4, -0.2) is 42.3 Å². The second kappa shape index (κ2) is 9.98. The number of benzene rings is 1. The summed E-state index contributed by atoms with van der Waals surface area (Å²) in [5.41, 5.74) is -4.78. The van der Waals surface area contributed by atoms with Crippen molar-refractivity contribution >= 4 is 16.6 Å². The van der Waals surface area contributed by atoms with Gasteiger partial charge in [-0.05, 0) is 31.4 Å². The van der Waals surface area contributed by atoms with E-state index >= 15 is 0 Å². The molecule has 1 saturated heterocycles. The van der Waals surface area contributed by atoms with Crippen molar-refractivity contribution in [2.24, 2.45) is 0 Å². The predicted octanol–water partition coefficient (Wildman–Crippen LogP) is 4.17. The van der Waals surface area contributed by atoms with Gasteiger partial charge in [0.05, 0.1) is 40.2 Å². The molecule has 0 amide bonds. The third-order valence-electron chi connectivity index (χ3n) is 6.64. The number of hydrogen-bond donors (Lipinski definition) is 1. The third-order valence-corrected chi connectivity index (χ3v) is 6.64. The van der Waals surface area contributed by atoms with Gasteiger partial charge in [0.2, 0.25) is 0 Å². The second-order valence-electron chi connectivity index (χ2n) is 9.12. The van der Waals surface area contributed by atoms with Crippen LogP contribution in [0.1, 0.15) is 30.4 Å². The normalized spacial score (nSPS) is 15.9. The van der Waals surface area contributed by atoms with Crippen molar-refractivity contribution in [1.29, 1.82) is 0 Å². The highest BCUT2D eigenvalue weighted by Crippen LogP contribution is 2.38. The number of aromatic amines is 1. The number of H-pyrrole nitrogens is 1. The van der Waals surface area contributed by atoms with Gasteiger partial charge in [-0.3, -0.25) is 14.2 Å². The van der Waals surface area contributed by atoms with Gasteiger partial charge < -0.3 is 4.90 Å². The molecule has 1 aromatic carbocycles. The highest BCUT2D eigenvalue weighted by Gasteiger charge is 2.41. The summed E-state index contributed by atoms with van der Waals surface area (Å²) in [5, 5.41) is 5.22. The van der Waals surface area contributed by atoms with E-state index < -0.39 is 40.4 Å². The first-order valence-corrected chi connectivity index (χ1v) is 11.8. The molecule has 40 heavy (non-hydrogen) atoms. The number of halogens is 7. The van der Waals surface area contributed by atoms with Gasteiger partial charge in [0.25, 0.3) is 11.1 Å². The van der Waals surface area contributed by atoms with Crippen molar-refractivity contribution in [3.05, 3.63) is 74.7 Å². The fraction of sp³-hybridized carbons (Fsp3) is 0.333. The topological polar surface area (TPSA) is 110 Å². The van der Waals surface area contributed by atoms with Crippen molar-refractivity contribution in [3.63, 3.8) is 0 Å². The highest BCUT2D eigenvalue weighted by molar-refractivity contribution is 5.82. The Labute approximate surface area is 219 Å². The third kappa shape index (κ3) is 5.12. The number of nitrogens with zero attached hydrogens (tertiary/aromatic N) is 6. The van der Waals surface area contributed by atoms with E-state index in [-0.39, 0.29) is 40.6 Å². The maximum Gasteiger partial charge on any atom is 0.423 e. The smallest absolute Gasteiger partial charge is 0.366 e. The first-order chi connectivity index (χ1) is 18.8. The summed E-state index contributed by atoms with van der Waals surface area (Å²) in [4.78, 5) is 37.5. The number of nitrogens with one attached hydrogen (secondary N) is 1. The van der Waals surface area contributed by atoms with Crippen molar-refractivity contribution in [2.45, 2.75) is 44.2 Å². The molecule has 0 aliphatic carbocycles. The van der Waals surface area contributed by atoms with Crippen LogP contribution in [0.25, 0.3) is 22.3 Å². The second-order valence-corrected chi connectivity index (χ2v) is 9.12. The van der Waals surface area contributed by atoms with E-state index in [2.05, 4.69) is 20.1 Å². The summed E-state index contributed by atoms with van der Waals surface area (Å²) < 4.78 is 94.6. The molecule has 0 bridgehead atoms. The van der Waals surface area contributed by atoms with Crippen LogP contribution in [0.15, 0.2) is 46.6 Å². The summed E-state index contributed by atoms with van der Waals surface area (Å²) in [5.74, 6) is -1.24. The molecule has 0 unspecified atom stereocenters. The number of anilines is 1. The molecule has 16 heteroatoms. The van der Waals surface area contributed by atoms with E-state index in [9.17, 15) is 40.3 Å². The molecule has 9 nitrogen and oxygen atoms in total. The molecular formula is C24H18F7N7O2. The fourth-order valence-corrected chi connectivity index (χ4v) is 4.56. The van der Waals surface area contributed by atoms with Crippen LogP contribution in [-0.2, 0) is 18.9 Å². The Hall–Kier alpha value is -4.37. The Balaban J connectivity index is 1.31. The average molecular weight is 569 g/mol. The van der Waals surface area contributed by atoms with E-state index in [1.165, 1.54) is 21.9 Å². The molecule has 4 aromatic rings. The lowest BCUT2D eigenvalue weighted by Crippen LogP contribution is -2.49. The van der Waals surface area contributed by atoms with Gasteiger partial charge in [-0.1, -0.05) is 0 Å². The molecule has 210 valence electrons. The summed E-state index contributed by atoms with van der Waals surface area (Å²) >= 11 is 0. The molecule has 1 fully saturated rings. The first kappa shape index (κ1) is 27.2. The Morgan fingerprint density at radius 2 is 1.70 bits per heavy atom. The van der Waals surface area contributed by atoms with Gasteiger partial charge in [0.1, 0.15) is 11.4 Å². The van der Waals surface area contributed by atoms with Crippen LogP contribution in [0.3, 0.4) is 0 Å². The number of aryl methyl sites for hydroxylation is 1. The van der Waals surface area contributed by atoms with Crippen molar-refractivity contribution in [2.75, 3.05) is 11.4 Å². The number of aromatic nitrogens is 6. The number of alkyl halides is 6. The maximum atomic E-state index is 14.8. The highest BCUT2D eigenvalue weighted by atomic mass is 19.4. The molecule has 0 saturated carbocycles. The Kier molecular flexibility index (Phi) is 6.79. The van der Waals surface area contributed by atoms with Gasteiger partial charge in [-0.15, -0.1) is 0 Å². The monoisotopic (exact) mass is 569 g/mol. The van der Waals surface area contributed by atoms with Crippen molar-refractivity contribution < 1.29 is 30.7 Å². The lowest BCUT2D eigenvalue weighted by molar-refractivity contribution is -0.139. The van der Waals surface area contributed by atoms with Crippen LogP contribution in [0.5, 0.6) is 0 Å². The Bertz CT molecular complexity index is 1680. The van der Waals surface area contributed by atoms with Gasteiger partial charge in [0.15, 0.2) is 5.82 Å². The summed E-state index contributed by atoms with van der Waals surface area (Å²) in [6.45, 7) is 0.442. The van der Waals surface area contributed by atoms with Crippen molar-refractivity contribution in [3.8, 4) is 11.4 Å². The van der Waals surface area contributed by atoms with Crippen LogP contribution in [0, 0.1) is 5.82 Å². The average Bonchev–Trinajstić information content (AvgIpc) is 2.86. The van der Waals surface area contributed by atoms with Gasteiger partial charge in [-0.2, -0.15) is 31.4 Å². The number of hydrogen-bond acceptors (Lipinski definition) is 7. The van der Waals surface area contributed by atoms with Crippen LogP contribution >= 0.6 is 0 Å². The Morgan fingerprint density at radius 1 is 0.975 bits per heavy atom. The largest absolute Gasteiger partial charge is 0.423 e. The van der Waals surface area contributed by atoms with Gasteiger partial charge >= 0.3 is 12.4 Å². The van der Waals surface area contributed by atoms with E-state index in [1.54, 1.807) is 5.10 Å². The summed E-state index contributed by atoms with van der Waals surface area (Å²) in [6, 6.07) is 1.76. The zero-order valence-electron chi connectivity index (χ0n) is 20.2. The molecule has 1 atom stereocenters. The zero-order chi connectivity index (χ0) is 28.8. The minimum atomic E-state index is -4.86. The van der Waals surface area contributed by atoms with Crippen molar-refractivity contribution in [1.82, 2.24) is 29.7 Å². The SMILES string of the molecule is O=c1[nH]ncc(N2CC[C@H]2CCCn2cnc3cc(-c4ncc(C(F)(F)F)cn4)c(F)cc3c2=O)c1C(F)(F)F. The fourth-order valence-electron chi connectivity index (χ4n) is 4.56. The predicted molar refractivity (Wildman–Crippen MR) is 127 cm³/mol. The molecule has 5 rings (SSSR count). The summed E-state index contributed by atoms with van der Waals surface area (Å²) in [7, 11) is 0. The first-order valence-electron chi connectivity index (χ1n) is 11.8. The molecule has 3 aromatic heterocycles. The molecule has 1 N–H and O–H groups in total. The van der Waals surface area contributed by atoms with E-state index in [0.29, 0.717) is 38.2 Å². The van der Waals surface area contributed by atoms with E-state index in [0.717, 1.165) is 12.3 Å². The van der Waals surface area contributed by atoms with Gasteiger partial charge in [-0.25, -0.2) is 24.4 Å². The van der Waals surface area contributed by atoms with Crippen LogP contribution < -0.4 is 16.0 Å². The maximum absolute atomic E-state index is 14.8. The van der Waals surface area contributed by atoms with Crippen LogP contribution in [0.4, 0.5) is 36.4 Å². The molecule has 0 spiro atoms. The standard InChI is InChI=1S/C24H18F7N7O2/c25-16-6-15-17(7-14(16)20-32-8-12(9-33-20)23(26,27)28)34-11-37(22(15)40)4-1-2-13-3-5-38(13)18-10-35-36-21(39)19(18)24(29,30)31/h6-11,13H,1-5H2,(H,36,39)/t13-/m1/s1. The zero-order valence-corrected chi connectivity index (χ0v) is 20.2.